The Balaban J connectivity index is 0.00000180. The van der Waals surface area contributed by atoms with Crippen molar-refractivity contribution in [3.63, 3.8) is 0 Å². The summed E-state index contributed by atoms with van der Waals surface area (Å²) in [6.07, 6.45) is 1.91. The van der Waals surface area contributed by atoms with E-state index in [4.69, 9.17) is 4.74 Å². The number of guanidine groups is 1. The third-order valence-corrected chi connectivity index (χ3v) is 4.34. The van der Waals surface area contributed by atoms with Crippen LogP contribution in [0.1, 0.15) is 33.6 Å². The molecule has 0 aromatic rings. The van der Waals surface area contributed by atoms with Gasteiger partial charge in [-0.1, -0.05) is 13.8 Å². The first kappa shape index (κ1) is 17.0. The van der Waals surface area contributed by atoms with Crippen LogP contribution in [0, 0.1) is 5.41 Å². The molecule has 6 heteroatoms. The van der Waals surface area contributed by atoms with E-state index in [1.807, 2.05) is 6.92 Å². The van der Waals surface area contributed by atoms with E-state index in [1.54, 1.807) is 0 Å². The first-order valence-electron chi connectivity index (χ1n) is 6.86. The Morgan fingerprint density at radius 2 is 2.26 bits per heavy atom. The molecule has 5 nitrogen and oxygen atoms in total. The number of halogens is 1. The Labute approximate surface area is 132 Å². The molecule has 2 unspecified atom stereocenters. The molecule has 3 N–H and O–H groups in total. The van der Waals surface area contributed by atoms with E-state index in [2.05, 4.69) is 29.5 Å². The Kier molecular flexibility index (Phi) is 5.88. The van der Waals surface area contributed by atoms with Crippen LogP contribution < -0.4 is 10.6 Å². The van der Waals surface area contributed by atoms with Crippen LogP contribution in [0.3, 0.4) is 0 Å². The van der Waals surface area contributed by atoms with Crippen molar-refractivity contribution in [1.29, 1.82) is 0 Å². The van der Waals surface area contributed by atoms with Gasteiger partial charge in [0.05, 0.1) is 11.7 Å². The van der Waals surface area contributed by atoms with Gasteiger partial charge in [0.15, 0.2) is 5.96 Å². The molecule has 1 aliphatic heterocycles. The van der Waals surface area contributed by atoms with Crippen molar-refractivity contribution in [2.75, 3.05) is 26.2 Å². The minimum absolute atomic E-state index is 0. The van der Waals surface area contributed by atoms with Crippen molar-refractivity contribution in [1.82, 2.24) is 10.6 Å². The largest absolute Gasteiger partial charge is 0.387 e. The molecule has 0 spiro atoms. The monoisotopic (exact) mass is 383 g/mol. The molecular weight excluding hydrogens is 357 g/mol. The molecule has 0 saturated heterocycles. The average molecular weight is 383 g/mol. The maximum absolute atomic E-state index is 10.6. The van der Waals surface area contributed by atoms with Gasteiger partial charge in [0.1, 0.15) is 0 Å². The van der Waals surface area contributed by atoms with Gasteiger partial charge in [-0.3, -0.25) is 4.99 Å². The van der Waals surface area contributed by atoms with Gasteiger partial charge in [-0.2, -0.15) is 0 Å². The summed E-state index contributed by atoms with van der Waals surface area (Å²) in [7, 11) is 0. The normalized spacial score (nSPS) is 32.4. The molecule has 112 valence electrons. The first-order chi connectivity index (χ1) is 8.49. The van der Waals surface area contributed by atoms with Crippen LogP contribution in [0.25, 0.3) is 0 Å². The van der Waals surface area contributed by atoms with Crippen LogP contribution in [0.15, 0.2) is 4.99 Å². The van der Waals surface area contributed by atoms with E-state index in [9.17, 15) is 5.11 Å². The van der Waals surface area contributed by atoms with Gasteiger partial charge in [0.2, 0.25) is 0 Å². The van der Waals surface area contributed by atoms with Crippen LogP contribution in [-0.4, -0.2) is 49.0 Å². The predicted molar refractivity (Wildman–Crippen MR) is 87.1 cm³/mol. The molecule has 19 heavy (non-hydrogen) atoms. The van der Waals surface area contributed by atoms with Crippen LogP contribution in [0.4, 0.5) is 0 Å². The highest BCUT2D eigenvalue weighted by Crippen LogP contribution is 2.50. The van der Waals surface area contributed by atoms with Gasteiger partial charge in [-0.05, 0) is 13.3 Å². The summed E-state index contributed by atoms with van der Waals surface area (Å²) in [5, 5.41) is 17.1. The number of hydrogen-bond acceptors (Lipinski definition) is 5. The van der Waals surface area contributed by atoms with Gasteiger partial charge >= 0.3 is 0 Å². The zero-order valence-electron chi connectivity index (χ0n) is 12.0. The maximum atomic E-state index is 10.6. The Morgan fingerprint density at radius 3 is 2.79 bits per heavy atom. The topological polar surface area (TPSA) is 65.9 Å². The van der Waals surface area contributed by atoms with Crippen LogP contribution in [0.5, 0.6) is 0 Å². The zero-order chi connectivity index (χ0) is 13.2. The molecule has 2 rings (SSSR count). The number of nitrogens with zero attached hydrogens (tertiary/aromatic N) is 1. The van der Waals surface area contributed by atoms with E-state index in [1.165, 1.54) is 0 Å². The molecule has 0 radical (unpaired) electrons. The van der Waals surface area contributed by atoms with Gasteiger partial charge < -0.3 is 20.5 Å². The SMILES string of the molecule is CCOC1CC(O)(CNC2=NCCCN2)C1(C)C.I. The average Bonchev–Trinajstić information content (AvgIpc) is 2.37. The van der Waals surface area contributed by atoms with E-state index in [0.717, 1.165) is 25.5 Å². The second kappa shape index (κ2) is 6.58. The van der Waals surface area contributed by atoms with Crippen molar-refractivity contribution in [3.05, 3.63) is 0 Å². The zero-order valence-corrected chi connectivity index (χ0v) is 14.4. The lowest BCUT2D eigenvalue weighted by Gasteiger charge is -2.58. The molecule has 1 fully saturated rings. The lowest BCUT2D eigenvalue weighted by atomic mass is 9.56. The number of aliphatic hydroxyl groups is 1. The van der Waals surface area contributed by atoms with Crippen molar-refractivity contribution in [2.45, 2.75) is 45.3 Å². The van der Waals surface area contributed by atoms with Gasteiger partial charge in [-0.15, -0.1) is 24.0 Å². The quantitative estimate of drug-likeness (QED) is 0.637. The molecule has 2 aliphatic rings. The summed E-state index contributed by atoms with van der Waals surface area (Å²) in [5.41, 5.74) is -0.931. The summed E-state index contributed by atoms with van der Waals surface area (Å²) >= 11 is 0. The molecule has 1 heterocycles. The Hall–Kier alpha value is -0.0800. The summed E-state index contributed by atoms with van der Waals surface area (Å²) in [5.74, 6) is 0.810. The molecule has 0 amide bonds. The third-order valence-electron chi connectivity index (χ3n) is 4.34. The summed E-state index contributed by atoms with van der Waals surface area (Å²) < 4.78 is 5.65. The highest BCUT2D eigenvalue weighted by Gasteiger charge is 2.59. The number of rotatable bonds is 4. The highest BCUT2D eigenvalue weighted by atomic mass is 127. The van der Waals surface area contributed by atoms with Crippen LogP contribution >= 0.6 is 24.0 Å². The maximum Gasteiger partial charge on any atom is 0.191 e. The molecule has 1 aliphatic carbocycles. The fourth-order valence-corrected chi connectivity index (χ4v) is 2.64. The Bertz CT molecular complexity index is 336. The van der Waals surface area contributed by atoms with Gasteiger partial charge in [-0.25, -0.2) is 0 Å². The Morgan fingerprint density at radius 1 is 1.53 bits per heavy atom. The molecular formula is C13H26IN3O2. The van der Waals surface area contributed by atoms with Crippen molar-refractivity contribution in [2.24, 2.45) is 10.4 Å². The lowest BCUT2D eigenvalue weighted by molar-refractivity contribution is -0.237. The molecule has 2 atom stereocenters. The summed E-state index contributed by atoms with van der Waals surface area (Å²) in [6.45, 7) is 9.16. The lowest BCUT2D eigenvalue weighted by Crippen LogP contribution is -2.69. The second-order valence-electron chi connectivity index (χ2n) is 5.77. The fourth-order valence-electron chi connectivity index (χ4n) is 2.64. The highest BCUT2D eigenvalue weighted by molar-refractivity contribution is 14.0. The number of nitrogens with one attached hydrogen (secondary N) is 2. The molecule has 0 aromatic carbocycles. The third kappa shape index (κ3) is 3.33. The van der Waals surface area contributed by atoms with Crippen molar-refractivity contribution in [3.8, 4) is 0 Å². The number of hydrogen-bond donors (Lipinski definition) is 3. The van der Waals surface area contributed by atoms with Gasteiger partial charge in [0.25, 0.3) is 0 Å². The number of ether oxygens (including phenoxy) is 1. The standard InChI is InChI=1S/C13H25N3O2.HI/c1-4-18-10-8-13(17,12(10,2)3)9-16-11-14-6-5-7-15-11;/h10,17H,4-9H2,1-3H3,(H2,14,15,16);1H. The van der Waals surface area contributed by atoms with E-state index < -0.39 is 5.60 Å². The fraction of sp³-hybridized carbons (Fsp3) is 0.923. The molecule has 0 bridgehead atoms. The van der Waals surface area contributed by atoms with Crippen LogP contribution in [0.2, 0.25) is 0 Å². The van der Waals surface area contributed by atoms with E-state index in [-0.39, 0.29) is 35.5 Å². The smallest absolute Gasteiger partial charge is 0.191 e. The van der Waals surface area contributed by atoms with E-state index >= 15 is 0 Å². The first-order valence-corrected chi connectivity index (χ1v) is 6.86. The summed E-state index contributed by atoms with van der Waals surface area (Å²) in [4.78, 5) is 4.35. The predicted octanol–water partition coefficient (Wildman–Crippen LogP) is 1.11. The summed E-state index contributed by atoms with van der Waals surface area (Å²) in [6, 6.07) is 0. The van der Waals surface area contributed by atoms with Gasteiger partial charge in [0, 0.05) is 38.1 Å². The van der Waals surface area contributed by atoms with Crippen molar-refractivity contribution >= 4 is 29.9 Å². The van der Waals surface area contributed by atoms with Crippen LogP contribution in [-0.2, 0) is 4.74 Å². The molecule has 1 saturated carbocycles. The number of aliphatic imine (C=N–C) groups is 1. The molecule has 0 aromatic heterocycles. The second-order valence-corrected chi connectivity index (χ2v) is 5.77. The van der Waals surface area contributed by atoms with Crippen molar-refractivity contribution < 1.29 is 9.84 Å². The minimum Gasteiger partial charge on any atom is -0.387 e. The van der Waals surface area contributed by atoms with E-state index in [0.29, 0.717) is 19.6 Å². The minimum atomic E-state index is -0.714.